The van der Waals surface area contributed by atoms with E-state index in [-0.39, 0.29) is 23.9 Å². The van der Waals surface area contributed by atoms with Crippen LogP contribution in [0.1, 0.15) is 71.4 Å². The smallest absolute Gasteiger partial charge is 0.407 e. The molecule has 9 rings (SSSR count). The first-order valence-corrected chi connectivity index (χ1v) is 20.4. The SMILES string of the molecule is COC(=O)N[C@@H](C(=O)N1CCC[C@H]1c1ncc(-c2ccc(-c3ccc(-c4cnc([C@@H]5CCCN5C(=O)c5ccccc5-c5ccccc5)[nH]4)cc3)cc2)[nH]1)c1ccccc1. The van der Waals surface area contributed by atoms with Crippen LogP contribution in [0.5, 0.6) is 0 Å². The van der Waals surface area contributed by atoms with Gasteiger partial charge in [0.25, 0.3) is 11.8 Å². The summed E-state index contributed by atoms with van der Waals surface area (Å²) in [7, 11) is 1.29. The maximum atomic E-state index is 14.0. The zero-order valence-electron chi connectivity index (χ0n) is 33.3. The number of alkyl carbamates (subject to hydrolysis) is 1. The second-order valence-corrected chi connectivity index (χ2v) is 15.3. The fourth-order valence-corrected chi connectivity index (χ4v) is 8.57. The van der Waals surface area contributed by atoms with E-state index in [4.69, 9.17) is 14.7 Å². The van der Waals surface area contributed by atoms with E-state index in [1.54, 1.807) is 4.90 Å². The third kappa shape index (κ3) is 7.69. The van der Waals surface area contributed by atoms with Gasteiger partial charge in [0, 0.05) is 18.7 Å². The normalized spacial score (nSPS) is 16.8. The number of benzene rings is 5. The molecule has 0 bridgehead atoms. The van der Waals surface area contributed by atoms with Crippen molar-refractivity contribution in [2.45, 2.75) is 43.8 Å². The van der Waals surface area contributed by atoms with Crippen molar-refractivity contribution < 1.29 is 19.1 Å². The van der Waals surface area contributed by atoms with Crippen molar-refractivity contribution in [3.8, 4) is 44.8 Å². The highest BCUT2D eigenvalue weighted by Gasteiger charge is 2.37. The molecule has 0 aliphatic carbocycles. The van der Waals surface area contributed by atoms with Crippen molar-refractivity contribution in [3.63, 3.8) is 0 Å². The van der Waals surface area contributed by atoms with Crippen LogP contribution in [-0.4, -0.2) is 67.8 Å². The maximum absolute atomic E-state index is 14.0. The van der Waals surface area contributed by atoms with Crippen LogP contribution >= 0.6 is 0 Å². The van der Waals surface area contributed by atoms with Crippen LogP contribution in [-0.2, 0) is 9.53 Å². The molecule has 4 heterocycles. The number of imidazole rings is 2. The lowest BCUT2D eigenvalue weighted by Crippen LogP contribution is -2.42. The van der Waals surface area contributed by atoms with E-state index in [1.165, 1.54) is 7.11 Å². The van der Waals surface area contributed by atoms with Gasteiger partial charge in [-0.15, -0.1) is 0 Å². The van der Waals surface area contributed by atoms with Gasteiger partial charge in [-0.25, -0.2) is 14.8 Å². The number of carbonyl (C=O) groups excluding carboxylic acids is 3. The van der Waals surface area contributed by atoms with E-state index >= 15 is 0 Å². The zero-order chi connectivity index (χ0) is 41.0. The molecule has 0 spiro atoms. The van der Waals surface area contributed by atoms with E-state index < -0.39 is 12.1 Å². The molecule has 0 saturated carbocycles. The zero-order valence-corrected chi connectivity index (χ0v) is 33.3. The summed E-state index contributed by atoms with van der Waals surface area (Å²) in [6.07, 6.45) is 6.36. The second-order valence-electron chi connectivity index (χ2n) is 15.3. The van der Waals surface area contributed by atoms with Gasteiger partial charge in [0.05, 0.1) is 43.0 Å². The summed E-state index contributed by atoms with van der Waals surface area (Å²) in [6, 6.07) is 42.6. The number of hydrogen-bond acceptors (Lipinski definition) is 6. The number of aromatic nitrogens is 4. The van der Waals surface area contributed by atoms with Gasteiger partial charge < -0.3 is 29.8 Å². The van der Waals surface area contributed by atoms with Crippen LogP contribution in [0.4, 0.5) is 4.79 Å². The third-order valence-electron chi connectivity index (χ3n) is 11.7. The Labute approximate surface area is 348 Å². The van der Waals surface area contributed by atoms with Crippen molar-refractivity contribution in [2.75, 3.05) is 20.2 Å². The number of carbonyl (C=O) groups is 3. The molecule has 60 heavy (non-hydrogen) atoms. The predicted molar refractivity (Wildman–Crippen MR) is 230 cm³/mol. The molecule has 2 saturated heterocycles. The third-order valence-corrected chi connectivity index (χ3v) is 11.7. The van der Waals surface area contributed by atoms with Gasteiger partial charge in [-0.3, -0.25) is 9.59 Å². The fraction of sp³-hybridized carbons (Fsp3) is 0.204. The predicted octanol–water partition coefficient (Wildman–Crippen LogP) is 9.54. The molecule has 3 N–H and O–H groups in total. The number of hydrogen-bond donors (Lipinski definition) is 3. The topological polar surface area (TPSA) is 136 Å². The molecule has 2 aromatic heterocycles. The Hall–Kier alpha value is -7.27. The Morgan fingerprint density at radius 3 is 1.70 bits per heavy atom. The minimum Gasteiger partial charge on any atom is -0.453 e. The summed E-state index contributed by atoms with van der Waals surface area (Å²) in [5, 5.41) is 2.72. The summed E-state index contributed by atoms with van der Waals surface area (Å²) in [6.45, 7) is 1.25. The van der Waals surface area contributed by atoms with Crippen molar-refractivity contribution >= 4 is 17.9 Å². The van der Waals surface area contributed by atoms with Gasteiger partial charge in [-0.2, -0.15) is 0 Å². The molecule has 2 aliphatic heterocycles. The second kappa shape index (κ2) is 16.9. The highest BCUT2D eigenvalue weighted by molar-refractivity contribution is 6.01. The lowest BCUT2D eigenvalue weighted by molar-refractivity contribution is -0.134. The van der Waals surface area contributed by atoms with Crippen LogP contribution < -0.4 is 5.32 Å². The molecule has 2 fully saturated rings. The molecular formula is C49H45N7O4. The van der Waals surface area contributed by atoms with E-state index in [0.717, 1.165) is 76.3 Å². The fourth-order valence-electron chi connectivity index (χ4n) is 8.57. The quantitative estimate of drug-likeness (QED) is 0.126. The van der Waals surface area contributed by atoms with Crippen molar-refractivity contribution in [1.29, 1.82) is 0 Å². The molecule has 0 unspecified atom stereocenters. The number of aromatic amines is 2. The van der Waals surface area contributed by atoms with Crippen molar-refractivity contribution in [3.05, 3.63) is 169 Å². The van der Waals surface area contributed by atoms with Crippen LogP contribution in [0, 0.1) is 0 Å². The number of ether oxygens (including phenoxy) is 1. The van der Waals surface area contributed by atoms with Crippen LogP contribution in [0.15, 0.2) is 146 Å². The largest absolute Gasteiger partial charge is 0.453 e. The monoisotopic (exact) mass is 795 g/mol. The molecular weight excluding hydrogens is 751 g/mol. The summed E-state index contributed by atoms with van der Waals surface area (Å²) >= 11 is 0. The van der Waals surface area contributed by atoms with E-state index in [1.807, 2.05) is 102 Å². The average Bonchev–Trinajstić information content (AvgIpc) is 4.16. The average molecular weight is 796 g/mol. The van der Waals surface area contributed by atoms with Crippen LogP contribution in [0.3, 0.4) is 0 Å². The first-order chi connectivity index (χ1) is 29.4. The lowest BCUT2D eigenvalue weighted by atomic mass is 9.98. The molecule has 5 aromatic carbocycles. The van der Waals surface area contributed by atoms with Gasteiger partial charge in [0.1, 0.15) is 17.7 Å². The molecule has 11 nitrogen and oxygen atoms in total. The Bertz CT molecular complexity index is 2600. The number of nitrogens with zero attached hydrogens (tertiary/aromatic N) is 4. The highest BCUT2D eigenvalue weighted by atomic mass is 16.5. The van der Waals surface area contributed by atoms with E-state index in [9.17, 15) is 14.4 Å². The molecule has 11 heteroatoms. The molecule has 7 aromatic rings. The number of rotatable bonds is 10. The van der Waals surface area contributed by atoms with Gasteiger partial charge in [-0.1, -0.05) is 127 Å². The first-order valence-electron chi connectivity index (χ1n) is 20.4. The number of amides is 3. The molecule has 2 aliphatic rings. The molecule has 3 atom stereocenters. The minimum absolute atomic E-state index is 0.0225. The van der Waals surface area contributed by atoms with Gasteiger partial charge in [0.2, 0.25) is 0 Å². The Kier molecular flexibility index (Phi) is 10.8. The molecule has 3 amide bonds. The summed E-state index contributed by atoms with van der Waals surface area (Å²) in [5.41, 5.74) is 9.26. The van der Waals surface area contributed by atoms with Gasteiger partial charge in [-0.05, 0) is 70.7 Å². The standard InChI is InChI=1S/C49H45N7O4/c1-60-49(59)54-44(37-14-6-3-7-15-37)48(58)56-29-11-19-43(56)46-51-31-41(53-46)36-26-22-33(23-27-36)32-20-24-35(25-21-32)40-30-50-45(52-40)42-18-10-28-55(42)47(57)39-17-9-8-16-38(39)34-12-4-2-5-13-34/h2-9,12-17,20-27,30-31,42-44H,10-11,18-19,28-29H2,1H3,(H,50,52)(H,51,53)(H,54,59)/t42-,43-,44+/m0/s1. The number of methoxy groups -OCH3 is 1. The van der Waals surface area contributed by atoms with Gasteiger partial charge in [0.15, 0.2) is 0 Å². The van der Waals surface area contributed by atoms with Crippen molar-refractivity contribution in [2.24, 2.45) is 0 Å². The Morgan fingerprint density at radius 2 is 1.12 bits per heavy atom. The Morgan fingerprint density at radius 1 is 0.617 bits per heavy atom. The highest BCUT2D eigenvalue weighted by Crippen LogP contribution is 2.37. The van der Waals surface area contributed by atoms with Crippen LogP contribution in [0.25, 0.3) is 44.8 Å². The molecule has 300 valence electrons. The Balaban J connectivity index is 0.864. The van der Waals surface area contributed by atoms with E-state index in [2.05, 4.69) is 63.8 Å². The van der Waals surface area contributed by atoms with Crippen molar-refractivity contribution in [1.82, 2.24) is 35.1 Å². The maximum Gasteiger partial charge on any atom is 0.407 e. The lowest BCUT2D eigenvalue weighted by Gasteiger charge is -2.28. The molecule has 0 radical (unpaired) electrons. The summed E-state index contributed by atoms with van der Waals surface area (Å²) in [5.74, 6) is 1.33. The summed E-state index contributed by atoms with van der Waals surface area (Å²) < 4.78 is 4.83. The summed E-state index contributed by atoms with van der Waals surface area (Å²) in [4.78, 5) is 60.4. The number of nitrogens with one attached hydrogen (secondary N) is 3. The van der Waals surface area contributed by atoms with E-state index in [0.29, 0.717) is 30.0 Å². The number of H-pyrrole nitrogens is 2. The first kappa shape index (κ1) is 38.3. The van der Waals surface area contributed by atoms with Crippen LogP contribution in [0.2, 0.25) is 0 Å². The number of likely N-dealkylation sites (tertiary alicyclic amines) is 2. The minimum atomic E-state index is -0.873. The van der Waals surface area contributed by atoms with Gasteiger partial charge >= 0.3 is 6.09 Å².